The highest BCUT2D eigenvalue weighted by molar-refractivity contribution is 5.77. The standard InChI is InChI=1S/C18H19N3O/c1-13-4-2-5-15(10-13)17-20-16-6-3-8-19-18(16)21(17)11-14-7-9-22-12-14/h2-6,8,10,14H,7,9,11-12H2,1H3. The van der Waals surface area contributed by atoms with E-state index in [0.717, 1.165) is 48.7 Å². The van der Waals surface area contributed by atoms with Crippen LogP contribution in [0.15, 0.2) is 42.6 Å². The number of ether oxygens (including phenoxy) is 1. The van der Waals surface area contributed by atoms with Gasteiger partial charge in [0, 0.05) is 30.8 Å². The Balaban J connectivity index is 1.85. The highest BCUT2D eigenvalue weighted by Gasteiger charge is 2.20. The molecule has 1 aliphatic heterocycles. The lowest BCUT2D eigenvalue weighted by atomic mass is 10.1. The monoisotopic (exact) mass is 293 g/mol. The highest BCUT2D eigenvalue weighted by Crippen LogP contribution is 2.27. The Bertz CT molecular complexity index is 803. The third-order valence-corrected chi connectivity index (χ3v) is 4.24. The van der Waals surface area contributed by atoms with Gasteiger partial charge in [-0.25, -0.2) is 9.97 Å². The summed E-state index contributed by atoms with van der Waals surface area (Å²) in [6.45, 7) is 4.72. The largest absolute Gasteiger partial charge is 0.381 e. The van der Waals surface area contributed by atoms with Gasteiger partial charge in [0.1, 0.15) is 11.3 Å². The van der Waals surface area contributed by atoms with Crippen LogP contribution in [0.2, 0.25) is 0 Å². The molecule has 22 heavy (non-hydrogen) atoms. The number of benzene rings is 1. The molecule has 4 heteroatoms. The van der Waals surface area contributed by atoms with E-state index in [1.54, 1.807) is 0 Å². The van der Waals surface area contributed by atoms with Crippen molar-refractivity contribution < 1.29 is 4.74 Å². The van der Waals surface area contributed by atoms with Crippen molar-refractivity contribution in [2.75, 3.05) is 13.2 Å². The zero-order valence-corrected chi connectivity index (χ0v) is 12.7. The number of rotatable bonds is 3. The van der Waals surface area contributed by atoms with Crippen molar-refractivity contribution in [3.05, 3.63) is 48.2 Å². The maximum absolute atomic E-state index is 5.53. The molecule has 0 radical (unpaired) electrons. The fraction of sp³-hybridized carbons (Fsp3) is 0.333. The van der Waals surface area contributed by atoms with Crippen molar-refractivity contribution in [2.24, 2.45) is 5.92 Å². The molecular weight excluding hydrogens is 274 g/mol. The normalized spacial score (nSPS) is 18.1. The molecule has 0 saturated carbocycles. The average molecular weight is 293 g/mol. The molecule has 1 saturated heterocycles. The van der Waals surface area contributed by atoms with Gasteiger partial charge < -0.3 is 9.30 Å². The molecule has 0 spiro atoms. The van der Waals surface area contributed by atoms with Crippen LogP contribution < -0.4 is 0 Å². The molecule has 0 bridgehead atoms. The molecule has 1 atom stereocenters. The lowest BCUT2D eigenvalue weighted by Crippen LogP contribution is -2.12. The van der Waals surface area contributed by atoms with Crippen molar-refractivity contribution in [3.8, 4) is 11.4 Å². The van der Waals surface area contributed by atoms with Gasteiger partial charge in [0.05, 0.1) is 6.61 Å². The minimum Gasteiger partial charge on any atom is -0.381 e. The number of fused-ring (bicyclic) bond motifs is 1. The van der Waals surface area contributed by atoms with Gasteiger partial charge in [-0.3, -0.25) is 0 Å². The van der Waals surface area contributed by atoms with Gasteiger partial charge in [0.15, 0.2) is 5.65 Å². The predicted molar refractivity (Wildman–Crippen MR) is 86.6 cm³/mol. The van der Waals surface area contributed by atoms with Crippen LogP contribution in [0.4, 0.5) is 0 Å². The Kier molecular flexibility index (Phi) is 3.39. The van der Waals surface area contributed by atoms with E-state index in [0.29, 0.717) is 5.92 Å². The van der Waals surface area contributed by atoms with Crippen molar-refractivity contribution in [1.29, 1.82) is 0 Å². The highest BCUT2D eigenvalue weighted by atomic mass is 16.5. The second-order valence-corrected chi connectivity index (χ2v) is 5.99. The Morgan fingerprint density at radius 3 is 3.05 bits per heavy atom. The van der Waals surface area contributed by atoms with Gasteiger partial charge in [-0.2, -0.15) is 0 Å². The second kappa shape index (κ2) is 5.54. The van der Waals surface area contributed by atoms with Crippen LogP contribution in [0.1, 0.15) is 12.0 Å². The number of aromatic nitrogens is 3. The lowest BCUT2D eigenvalue weighted by Gasteiger charge is -2.13. The van der Waals surface area contributed by atoms with Crippen LogP contribution in [0, 0.1) is 12.8 Å². The third-order valence-electron chi connectivity index (χ3n) is 4.24. The summed E-state index contributed by atoms with van der Waals surface area (Å²) in [7, 11) is 0. The third kappa shape index (κ3) is 2.40. The summed E-state index contributed by atoms with van der Waals surface area (Å²) < 4.78 is 7.78. The second-order valence-electron chi connectivity index (χ2n) is 5.99. The van der Waals surface area contributed by atoms with Gasteiger partial charge in [-0.05, 0) is 31.5 Å². The first-order chi connectivity index (χ1) is 10.8. The minimum atomic E-state index is 0.544. The first-order valence-corrected chi connectivity index (χ1v) is 7.77. The molecule has 4 nitrogen and oxygen atoms in total. The van der Waals surface area contributed by atoms with Crippen LogP contribution in [-0.2, 0) is 11.3 Å². The van der Waals surface area contributed by atoms with Crippen LogP contribution >= 0.6 is 0 Å². The number of nitrogens with zero attached hydrogens (tertiary/aromatic N) is 3. The molecule has 1 fully saturated rings. The minimum absolute atomic E-state index is 0.544. The Hall–Kier alpha value is -2.20. The van der Waals surface area contributed by atoms with Crippen LogP contribution in [0.5, 0.6) is 0 Å². The summed E-state index contributed by atoms with van der Waals surface area (Å²) in [5, 5.41) is 0. The van der Waals surface area contributed by atoms with E-state index >= 15 is 0 Å². The molecular formula is C18H19N3O. The Morgan fingerprint density at radius 2 is 2.23 bits per heavy atom. The number of hydrogen-bond donors (Lipinski definition) is 0. The fourth-order valence-corrected chi connectivity index (χ4v) is 3.12. The molecule has 4 rings (SSSR count). The van der Waals surface area contributed by atoms with Gasteiger partial charge in [0.2, 0.25) is 0 Å². The summed E-state index contributed by atoms with van der Waals surface area (Å²) in [6.07, 6.45) is 2.95. The number of imidazole rings is 1. The maximum Gasteiger partial charge on any atom is 0.160 e. The van der Waals surface area contributed by atoms with E-state index in [1.807, 2.05) is 18.3 Å². The number of hydrogen-bond acceptors (Lipinski definition) is 3. The predicted octanol–water partition coefficient (Wildman–Crippen LogP) is 3.44. The zero-order valence-electron chi connectivity index (χ0n) is 12.7. The molecule has 1 aromatic carbocycles. The summed E-state index contributed by atoms with van der Waals surface area (Å²) in [5.74, 6) is 1.55. The topological polar surface area (TPSA) is 39.9 Å². The zero-order chi connectivity index (χ0) is 14.9. The van der Waals surface area contributed by atoms with E-state index in [2.05, 4.69) is 40.7 Å². The van der Waals surface area contributed by atoms with Crippen molar-refractivity contribution in [3.63, 3.8) is 0 Å². The van der Waals surface area contributed by atoms with Crippen molar-refractivity contribution >= 4 is 11.2 Å². The molecule has 1 aliphatic rings. The summed E-state index contributed by atoms with van der Waals surface area (Å²) in [6, 6.07) is 12.5. The summed E-state index contributed by atoms with van der Waals surface area (Å²) in [5.41, 5.74) is 4.31. The van der Waals surface area contributed by atoms with Crippen molar-refractivity contribution in [2.45, 2.75) is 19.9 Å². The molecule has 1 unspecified atom stereocenters. The number of aryl methyl sites for hydroxylation is 1. The first-order valence-electron chi connectivity index (χ1n) is 7.77. The van der Waals surface area contributed by atoms with Crippen molar-refractivity contribution in [1.82, 2.24) is 14.5 Å². The van der Waals surface area contributed by atoms with Gasteiger partial charge in [-0.15, -0.1) is 0 Å². The van der Waals surface area contributed by atoms with E-state index in [9.17, 15) is 0 Å². The summed E-state index contributed by atoms with van der Waals surface area (Å²) in [4.78, 5) is 9.38. The van der Waals surface area contributed by atoms with Gasteiger partial charge in [-0.1, -0.05) is 23.8 Å². The molecule has 112 valence electrons. The first kappa shape index (κ1) is 13.5. The molecule has 0 amide bonds. The quantitative estimate of drug-likeness (QED) is 0.742. The molecule has 0 N–H and O–H groups in total. The molecule has 3 heterocycles. The maximum atomic E-state index is 5.53. The lowest BCUT2D eigenvalue weighted by molar-refractivity contribution is 0.183. The Labute approximate surface area is 129 Å². The van der Waals surface area contributed by atoms with E-state index in [-0.39, 0.29) is 0 Å². The van der Waals surface area contributed by atoms with Gasteiger partial charge >= 0.3 is 0 Å². The Morgan fingerprint density at radius 1 is 1.27 bits per heavy atom. The van der Waals surface area contributed by atoms with E-state index in [1.165, 1.54) is 5.56 Å². The molecule has 2 aromatic heterocycles. The fourth-order valence-electron chi connectivity index (χ4n) is 3.12. The van der Waals surface area contributed by atoms with Crippen LogP contribution in [0.25, 0.3) is 22.6 Å². The molecule has 0 aliphatic carbocycles. The number of pyridine rings is 1. The van der Waals surface area contributed by atoms with E-state index < -0.39 is 0 Å². The summed E-state index contributed by atoms with van der Waals surface area (Å²) >= 11 is 0. The van der Waals surface area contributed by atoms with Gasteiger partial charge in [0.25, 0.3) is 0 Å². The van der Waals surface area contributed by atoms with Crippen LogP contribution in [0.3, 0.4) is 0 Å². The SMILES string of the molecule is Cc1cccc(-c2nc3cccnc3n2CC2CCOC2)c1. The average Bonchev–Trinajstić information content (AvgIpc) is 3.16. The smallest absolute Gasteiger partial charge is 0.160 e. The molecule has 3 aromatic rings. The van der Waals surface area contributed by atoms with E-state index in [4.69, 9.17) is 9.72 Å². The van der Waals surface area contributed by atoms with Crippen LogP contribution in [-0.4, -0.2) is 27.7 Å².